The van der Waals surface area contributed by atoms with Gasteiger partial charge in [-0.25, -0.2) is 9.67 Å². The van der Waals surface area contributed by atoms with Crippen LogP contribution in [0.5, 0.6) is 0 Å². The number of amides is 1. The Balaban J connectivity index is 1.86. The maximum atomic E-state index is 13.0. The van der Waals surface area contributed by atoms with Gasteiger partial charge in [0.15, 0.2) is 5.16 Å². The van der Waals surface area contributed by atoms with Crippen LogP contribution < -0.4 is 10.9 Å². The van der Waals surface area contributed by atoms with Crippen molar-refractivity contribution in [3.05, 3.63) is 46.9 Å². The third kappa shape index (κ3) is 4.70. The fraction of sp³-hybridized carbons (Fsp3) is 0.429. The van der Waals surface area contributed by atoms with Crippen molar-refractivity contribution < 1.29 is 4.79 Å². The standard InChI is InChI=1S/C21H27N5O2S/c1-5-6-13-25-20(28)16-9-7-8-10-17(16)23-21(25)29-15(4)19(27)24-18-11-12-22-26(18)14(2)3/h7-12,14-15H,5-6,13H2,1-4H3,(H,24,27). The van der Waals surface area contributed by atoms with Gasteiger partial charge in [-0.05, 0) is 39.3 Å². The van der Waals surface area contributed by atoms with E-state index in [1.807, 2.05) is 39.0 Å². The average molecular weight is 414 g/mol. The molecule has 7 nitrogen and oxygen atoms in total. The highest BCUT2D eigenvalue weighted by Gasteiger charge is 2.20. The van der Waals surface area contributed by atoms with Crippen LogP contribution in [-0.4, -0.2) is 30.5 Å². The summed E-state index contributed by atoms with van der Waals surface area (Å²) in [4.78, 5) is 30.4. The third-order valence-electron chi connectivity index (χ3n) is 4.62. The van der Waals surface area contributed by atoms with Crippen LogP contribution in [0.25, 0.3) is 10.9 Å². The first-order valence-electron chi connectivity index (χ1n) is 9.93. The van der Waals surface area contributed by atoms with Crippen molar-refractivity contribution in [3.8, 4) is 0 Å². The van der Waals surface area contributed by atoms with Crippen LogP contribution in [0.2, 0.25) is 0 Å². The van der Waals surface area contributed by atoms with Crippen molar-refractivity contribution in [2.75, 3.05) is 5.32 Å². The van der Waals surface area contributed by atoms with Crippen molar-refractivity contribution in [1.82, 2.24) is 19.3 Å². The van der Waals surface area contributed by atoms with Gasteiger partial charge in [0.1, 0.15) is 5.82 Å². The summed E-state index contributed by atoms with van der Waals surface area (Å²) in [5.41, 5.74) is 0.593. The molecule has 3 aromatic rings. The van der Waals surface area contributed by atoms with Gasteiger partial charge in [0.05, 0.1) is 22.3 Å². The van der Waals surface area contributed by atoms with E-state index in [4.69, 9.17) is 0 Å². The lowest BCUT2D eigenvalue weighted by Crippen LogP contribution is -2.28. The molecule has 154 valence electrons. The molecule has 2 aromatic heterocycles. The Hall–Kier alpha value is -2.61. The van der Waals surface area contributed by atoms with Gasteiger partial charge in [-0.3, -0.25) is 14.2 Å². The summed E-state index contributed by atoms with van der Waals surface area (Å²) in [7, 11) is 0. The number of unbranched alkanes of at least 4 members (excludes halogenated alkanes) is 1. The number of benzene rings is 1. The lowest BCUT2D eigenvalue weighted by Gasteiger charge is -2.17. The largest absolute Gasteiger partial charge is 0.310 e. The molecule has 0 saturated heterocycles. The van der Waals surface area contributed by atoms with Crippen molar-refractivity contribution in [2.45, 2.75) is 63.5 Å². The van der Waals surface area contributed by atoms with Gasteiger partial charge in [-0.2, -0.15) is 5.10 Å². The van der Waals surface area contributed by atoms with Crippen molar-refractivity contribution >= 4 is 34.4 Å². The zero-order valence-electron chi connectivity index (χ0n) is 17.3. The van der Waals surface area contributed by atoms with E-state index in [1.54, 1.807) is 27.6 Å². The third-order valence-corrected chi connectivity index (χ3v) is 5.71. The van der Waals surface area contributed by atoms with Crippen LogP contribution >= 0.6 is 11.8 Å². The lowest BCUT2D eigenvalue weighted by atomic mass is 10.2. The summed E-state index contributed by atoms with van der Waals surface area (Å²) in [5.74, 6) is 0.508. The van der Waals surface area contributed by atoms with Gasteiger partial charge in [-0.1, -0.05) is 37.2 Å². The normalized spacial score (nSPS) is 12.4. The van der Waals surface area contributed by atoms with Gasteiger partial charge < -0.3 is 5.32 Å². The molecule has 1 unspecified atom stereocenters. The molecule has 0 saturated carbocycles. The zero-order valence-corrected chi connectivity index (χ0v) is 18.1. The first kappa shape index (κ1) is 21.1. The topological polar surface area (TPSA) is 81.8 Å². The summed E-state index contributed by atoms with van der Waals surface area (Å²) < 4.78 is 3.46. The van der Waals surface area contributed by atoms with Crippen molar-refractivity contribution in [1.29, 1.82) is 0 Å². The van der Waals surface area contributed by atoms with Crippen molar-refractivity contribution in [2.24, 2.45) is 0 Å². The Morgan fingerprint density at radius 1 is 1.21 bits per heavy atom. The number of rotatable bonds is 8. The second kappa shape index (κ2) is 9.26. The molecule has 2 heterocycles. The average Bonchev–Trinajstić information content (AvgIpc) is 3.16. The van der Waals surface area contributed by atoms with Gasteiger partial charge >= 0.3 is 0 Å². The molecule has 1 N–H and O–H groups in total. The molecule has 3 rings (SSSR count). The van der Waals surface area contributed by atoms with E-state index >= 15 is 0 Å². The lowest BCUT2D eigenvalue weighted by molar-refractivity contribution is -0.115. The van der Waals surface area contributed by atoms with Crippen LogP contribution in [0.15, 0.2) is 46.5 Å². The number of nitrogens with one attached hydrogen (secondary N) is 1. The quantitative estimate of drug-likeness (QED) is 0.444. The second-order valence-corrected chi connectivity index (χ2v) is 8.53. The second-order valence-electron chi connectivity index (χ2n) is 7.23. The first-order valence-corrected chi connectivity index (χ1v) is 10.8. The summed E-state index contributed by atoms with van der Waals surface area (Å²) in [6.45, 7) is 8.50. The molecule has 0 aliphatic rings. The number of para-hydroxylation sites is 1. The van der Waals surface area contributed by atoms with E-state index in [9.17, 15) is 9.59 Å². The van der Waals surface area contributed by atoms with E-state index in [-0.39, 0.29) is 17.5 Å². The van der Waals surface area contributed by atoms with Gasteiger partial charge in [0.25, 0.3) is 5.56 Å². The Morgan fingerprint density at radius 2 is 1.97 bits per heavy atom. The molecule has 1 atom stereocenters. The Bertz CT molecular complexity index is 1060. The Kier molecular flexibility index (Phi) is 6.74. The number of aromatic nitrogens is 4. The molecule has 1 aromatic carbocycles. The minimum atomic E-state index is -0.425. The van der Waals surface area contributed by atoms with Crippen LogP contribution in [0.1, 0.15) is 46.6 Å². The number of hydrogen-bond donors (Lipinski definition) is 1. The number of carbonyl (C=O) groups is 1. The van der Waals surface area contributed by atoms with Gasteiger partial charge in [-0.15, -0.1) is 0 Å². The minimum absolute atomic E-state index is 0.0583. The number of thioether (sulfide) groups is 1. The van der Waals surface area contributed by atoms with Crippen LogP contribution in [-0.2, 0) is 11.3 Å². The summed E-state index contributed by atoms with van der Waals surface area (Å²) >= 11 is 1.30. The molecule has 0 aliphatic carbocycles. The fourth-order valence-electron chi connectivity index (χ4n) is 3.02. The summed E-state index contributed by atoms with van der Waals surface area (Å²) in [6, 6.07) is 9.26. The smallest absolute Gasteiger partial charge is 0.262 e. The minimum Gasteiger partial charge on any atom is -0.310 e. The van der Waals surface area contributed by atoms with Crippen LogP contribution in [0.3, 0.4) is 0 Å². The van der Waals surface area contributed by atoms with E-state index in [0.29, 0.717) is 28.4 Å². The molecule has 0 spiro atoms. The molecule has 8 heteroatoms. The van der Waals surface area contributed by atoms with E-state index in [2.05, 4.69) is 22.3 Å². The Morgan fingerprint density at radius 3 is 2.69 bits per heavy atom. The molecule has 29 heavy (non-hydrogen) atoms. The maximum absolute atomic E-state index is 13.0. The fourth-order valence-corrected chi connectivity index (χ4v) is 3.95. The molecule has 0 fully saturated rings. The number of fused-ring (bicyclic) bond motifs is 1. The monoisotopic (exact) mass is 413 g/mol. The maximum Gasteiger partial charge on any atom is 0.262 e. The summed E-state index contributed by atoms with van der Waals surface area (Å²) in [5, 5.41) is 7.92. The SMILES string of the molecule is CCCCn1c(SC(C)C(=O)Nc2ccnn2C(C)C)nc2ccccc2c1=O. The number of nitrogens with zero attached hydrogens (tertiary/aromatic N) is 4. The highest BCUT2D eigenvalue weighted by molar-refractivity contribution is 8.00. The predicted octanol–water partition coefficient (Wildman–Crippen LogP) is 4.09. The first-order chi connectivity index (χ1) is 13.9. The molecule has 0 bridgehead atoms. The molecule has 1 amide bonds. The number of anilines is 1. The van der Waals surface area contributed by atoms with Gasteiger partial charge in [0, 0.05) is 18.7 Å². The van der Waals surface area contributed by atoms with Crippen LogP contribution in [0.4, 0.5) is 5.82 Å². The Labute approximate surface area is 174 Å². The van der Waals surface area contributed by atoms with E-state index in [0.717, 1.165) is 12.8 Å². The highest BCUT2D eigenvalue weighted by atomic mass is 32.2. The van der Waals surface area contributed by atoms with Crippen LogP contribution in [0, 0.1) is 0 Å². The zero-order chi connectivity index (χ0) is 21.0. The number of carbonyl (C=O) groups excluding carboxylic acids is 1. The van der Waals surface area contributed by atoms with Crippen molar-refractivity contribution in [3.63, 3.8) is 0 Å². The molecule has 0 aliphatic heterocycles. The molecular formula is C21H27N5O2S. The molecule has 0 radical (unpaired) electrons. The summed E-state index contributed by atoms with van der Waals surface area (Å²) in [6.07, 6.45) is 3.51. The predicted molar refractivity (Wildman–Crippen MR) is 117 cm³/mol. The van der Waals surface area contributed by atoms with E-state index in [1.165, 1.54) is 11.8 Å². The van der Waals surface area contributed by atoms with E-state index < -0.39 is 5.25 Å². The molecular weight excluding hydrogens is 386 g/mol. The highest BCUT2D eigenvalue weighted by Crippen LogP contribution is 2.24. The number of hydrogen-bond acceptors (Lipinski definition) is 5. The van der Waals surface area contributed by atoms with Gasteiger partial charge in [0.2, 0.25) is 5.91 Å².